The van der Waals surface area contributed by atoms with Crippen LogP contribution < -0.4 is 10.5 Å². The quantitative estimate of drug-likeness (QED) is 0.293. The molecule has 0 bridgehead atoms. The molecule has 0 saturated heterocycles. The number of thiophene rings is 2. The molecule has 0 atom stereocenters. The van der Waals surface area contributed by atoms with Crippen molar-refractivity contribution in [2.45, 2.75) is 13.8 Å². The molecule has 0 unspecified atom stereocenters. The summed E-state index contributed by atoms with van der Waals surface area (Å²) in [6.07, 6.45) is 0. The highest BCUT2D eigenvalue weighted by Crippen LogP contribution is 2.29. The molecule has 3 aromatic heterocycles. The third-order valence-corrected chi connectivity index (χ3v) is 6.55. The number of carbonyl (C=O) groups excluding carboxylic acids is 2. The summed E-state index contributed by atoms with van der Waals surface area (Å²) in [5, 5.41) is 5.72. The lowest BCUT2D eigenvalue weighted by molar-refractivity contribution is 0.100. The Morgan fingerprint density at radius 1 is 1.00 bits per heavy atom. The average molecular weight is 438 g/mol. The second-order valence-corrected chi connectivity index (χ2v) is 8.37. The molecule has 152 valence electrons. The Hall–Kier alpha value is -3.03. The first-order valence-corrected chi connectivity index (χ1v) is 11.4. The largest absolute Gasteiger partial charge is 0.422 e. The van der Waals surface area contributed by atoms with Gasteiger partial charge in [0.15, 0.2) is 5.78 Å². The Bertz CT molecular complexity index is 1270. The molecule has 30 heavy (non-hydrogen) atoms. The predicted molar refractivity (Wildman–Crippen MR) is 122 cm³/mol. The number of anilines is 1. The molecule has 0 aliphatic heterocycles. The summed E-state index contributed by atoms with van der Waals surface area (Å²) in [5.41, 5.74) is 0.727. The van der Waals surface area contributed by atoms with Crippen molar-refractivity contribution in [2.75, 3.05) is 18.0 Å². The molecule has 0 N–H and O–H groups in total. The number of fused-ring (bicyclic) bond motifs is 1. The van der Waals surface area contributed by atoms with Gasteiger partial charge in [0.05, 0.1) is 10.4 Å². The fraction of sp³-hybridized carbons (Fsp3) is 0.174. The molecule has 0 fully saturated rings. The van der Waals surface area contributed by atoms with Gasteiger partial charge in [-0.3, -0.25) is 9.59 Å². The van der Waals surface area contributed by atoms with Crippen LogP contribution in [0.2, 0.25) is 0 Å². The Morgan fingerprint density at radius 2 is 1.80 bits per heavy atom. The Kier molecular flexibility index (Phi) is 5.65. The van der Waals surface area contributed by atoms with E-state index in [1.807, 2.05) is 19.9 Å². The lowest BCUT2D eigenvalue weighted by Gasteiger charge is -2.21. The summed E-state index contributed by atoms with van der Waals surface area (Å²) in [5.74, 6) is -0.850. The average Bonchev–Trinajstić information content (AvgIpc) is 3.47. The summed E-state index contributed by atoms with van der Waals surface area (Å²) in [4.78, 5) is 41.9. The van der Waals surface area contributed by atoms with Crippen molar-refractivity contribution in [2.24, 2.45) is 0 Å². The lowest BCUT2D eigenvalue weighted by Crippen LogP contribution is -2.23. The van der Waals surface area contributed by atoms with E-state index in [-0.39, 0.29) is 16.9 Å². The van der Waals surface area contributed by atoms with Crippen LogP contribution in [0.1, 0.15) is 45.0 Å². The number of nitrogens with zero attached hydrogens (tertiary/aromatic N) is 1. The molecule has 7 heteroatoms. The van der Waals surface area contributed by atoms with Crippen LogP contribution in [0.3, 0.4) is 0 Å². The first-order chi connectivity index (χ1) is 14.5. The Labute approximate surface area is 181 Å². The monoisotopic (exact) mass is 437 g/mol. The third kappa shape index (κ3) is 3.51. The fourth-order valence-electron chi connectivity index (χ4n) is 3.49. The first kappa shape index (κ1) is 20.3. The number of hydrogen-bond acceptors (Lipinski definition) is 7. The van der Waals surface area contributed by atoms with E-state index < -0.39 is 11.4 Å². The van der Waals surface area contributed by atoms with Gasteiger partial charge in [-0.15, -0.1) is 11.3 Å². The van der Waals surface area contributed by atoms with Crippen molar-refractivity contribution in [3.63, 3.8) is 0 Å². The summed E-state index contributed by atoms with van der Waals surface area (Å²) in [6, 6.07) is 10.5. The fourth-order valence-corrected chi connectivity index (χ4v) is 4.79. The van der Waals surface area contributed by atoms with E-state index >= 15 is 0 Å². The maximum absolute atomic E-state index is 13.4. The van der Waals surface area contributed by atoms with Crippen molar-refractivity contribution in [3.8, 4) is 0 Å². The van der Waals surface area contributed by atoms with Crippen LogP contribution >= 0.6 is 22.7 Å². The minimum atomic E-state index is -0.795. The molecule has 0 amide bonds. The molecule has 0 aliphatic carbocycles. The van der Waals surface area contributed by atoms with Gasteiger partial charge in [0.25, 0.3) is 0 Å². The second kappa shape index (κ2) is 8.38. The van der Waals surface area contributed by atoms with Crippen molar-refractivity contribution in [3.05, 3.63) is 84.5 Å². The highest BCUT2D eigenvalue weighted by molar-refractivity contribution is 7.12. The number of hydrogen-bond donors (Lipinski definition) is 0. The zero-order valence-electron chi connectivity index (χ0n) is 16.5. The van der Waals surface area contributed by atoms with E-state index in [4.69, 9.17) is 4.42 Å². The molecule has 3 heterocycles. The van der Waals surface area contributed by atoms with Gasteiger partial charge in [0.1, 0.15) is 11.1 Å². The molecule has 4 rings (SSSR count). The Balaban J connectivity index is 2.00. The van der Waals surface area contributed by atoms with E-state index in [9.17, 15) is 14.4 Å². The predicted octanol–water partition coefficient (Wildman–Crippen LogP) is 5.22. The van der Waals surface area contributed by atoms with Gasteiger partial charge in [-0.1, -0.05) is 6.07 Å². The number of rotatable bonds is 7. The minimum absolute atomic E-state index is 0.101. The Morgan fingerprint density at radius 3 is 2.43 bits per heavy atom. The number of ketones is 2. The highest BCUT2D eigenvalue weighted by Gasteiger charge is 2.28. The minimum Gasteiger partial charge on any atom is -0.422 e. The molecule has 0 spiro atoms. The zero-order chi connectivity index (χ0) is 21.3. The van der Waals surface area contributed by atoms with Crippen molar-refractivity contribution in [1.29, 1.82) is 0 Å². The maximum atomic E-state index is 13.4. The molecule has 5 nitrogen and oxygen atoms in total. The van der Waals surface area contributed by atoms with Crippen LogP contribution in [0.25, 0.3) is 11.0 Å². The molecule has 0 aliphatic rings. The molecular formula is C23H19NO4S2. The van der Waals surface area contributed by atoms with Crippen LogP contribution in [0.15, 0.2) is 61.8 Å². The summed E-state index contributed by atoms with van der Waals surface area (Å²) in [7, 11) is 0. The normalized spacial score (nSPS) is 11.0. The maximum Gasteiger partial charge on any atom is 0.348 e. The van der Waals surface area contributed by atoms with E-state index in [2.05, 4.69) is 4.90 Å². The molecule has 0 radical (unpaired) electrons. The smallest absolute Gasteiger partial charge is 0.348 e. The topological polar surface area (TPSA) is 67.6 Å². The highest BCUT2D eigenvalue weighted by atomic mass is 32.1. The van der Waals surface area contributed by atoms with E-state index in [0.29, 0.717) is 21.4 Å². The number of carbonyl (C=O) groups is 2. The third-order valence-electron chi connectivity index (χ3n) is 5.00. The van der Waals surface area contributed by atoms with Gasteiger partial charge in [-0.05, 0) is 48.9 Å². The zero-order valence-corrected chi connectivity index (χ0v) is 18.1. The summed E-state index contributed by atoms with van der Waals surface area (Å²) >= 11 is 2.61. The van der Waals surface area contributed by atoms with Crippen LogP contribution in [-0.4, -0.2) is 24.7 Å². The molecule has 1 aromatic carbocycles. The SMILES string of the molecule is CCN(CC)c1ccc2c(C(=O)c3ccsc3)c(C(=O)c3cccs3)c(=O)oc2c1. The van der Waals surface area contributed by atoms with Gasteiger partial charge in [-0.25, -0.2) is 4.79 Å². The van der Waals surface area contributed by atoms with Crippen LogP contribution in [-0.2, 0) is 0 Å². The van der Waals surface area contributed by atoms with Gasteiger partial charge >= 0.3 is 5.63 Å². The van der Waals surface area contributed by atoms with Crippen molar-refractivity contribution in [1.82, 2.24) is 0 Å². The van der Waals surface area contributed by atoms with E-state index in [0.717, 1.165) is 18.8 Å². The summed E-state index contributed by atoms with van der Waals surface area (Å²) in [6.45, 7) is 5.67. The van der Waals surface area contributed by atoms with E-state index in [1.54, 1.807) is 46.5 Å². The van der Waals surface area contributed by atoms with Crippen LogP contribution in [0.4, 0.5) is 5.69 Å². The van der Waals surface area contributed by atoms with Crippen molar-refractivity contribution < 1.29 is 14.0 Å². The standard InChI is InChI=1S/C23H19NO4S2/c1-3-24(4-2)15-7-8-16-17(12-15)28-23(27)20(22(26)18-6-5-10-30-18)19(16)21(25)14-9-11-29-13-14/h5-13H,3-4H2,1-2H3. The first-order valence-electron chi connectivity index (χ1n) is 9.56. The second-order valence-electron chi connectivity index (χ2n) is 6.64. The summed E-state index contributed by atoms with van der Waals surface area (Å²) < 4.78 is 5.55. The lowest BCUT2D eigenvalue weighted by atomic mass is 9.94. The van der Waals surface area contributed by atoms with Gasteiger partial charge in [0, 0.05) is 41.2 Å². The van der Waals surface area contributed by atoms with Gasteiger partial charge < -0.3 is 9.32 Å². The van der Waals surface area contributed by atoms with Gasteiger partial charge in [0.2, 0.25) is 5.78 Å². The molecule has 4 aromatic rings. The van der Waals surface area contributed by atoms with Crippen LogP contribution in [0, 0.1) is 0 Å². The molecular weight excluding hydrogens is 418 g/mol. The van der Waals surface area contributed by atoms with Gasteiger partial charge in [-0.2, -0.15) is 11.3 Å². The molecule has 0 saturated carbocycles. The van der Waals surface area contributed by atoms with E-state index in [1.165, 1.54) is 22.7 Å². The van der Waals surface area contributed by atoms with Crippen LogP contribution in [0.5, 0.6) is 0 Å². The van der Waals surface area contributed by atoms with Crippen molar-refractivity contribution >= 4 is 50.9 Å². The number of benzene rings is 1.